The van der Waals surface area contributed by atoms with Gasteiger partial charge in [-0.1, -0.05) is 96.4 Å². The molecule has 234 valence electrons. The van der Waals surface area contributed by atoms with Crippen molar-refractivity contribution in [3.05, 3.63) is 91.5 Å². The molecule has 0 aromatic heterocycles. The number of benzene rings is 2. The summed E-state index contributed by atoms with van der Waals surface area (Å²) in [5.41, 5.74) is 0.168. The van der Waals surface area contributed by atoms with E-state index in [9.17, 15) is 19.5 Å². The zero-order chi connectivity index (χ0) is 31.4. The number of amides is 3. The van der Waals surface area contributed by atoms with Gasteiger partial charge in [-0.2, -0.15) is 0 Å². The first-order chi connectivity index (χ1) is 21.3. The summed E-state index contributed by atoms with van der Waals surface area (Å²) in [7, 11) is 0. The van der Waals surface area contributed by atoms with E-state index in [0.717, 1.165) is 19.3 Å². The number of para-hydroxylation sites is 1. The summed E-state index contributed by atoms with van der Waals surface area (Å²) >= 11 is 3.78. The number of anilines is 1. The molecule has 2 aromatic carbocycles. The quantitative estimate of drug-likeness (QED) is 0.177. The van der Waals surface area contributed by atoms with Crippen LogP contribution >= 0.6 is 15.9 Å². The summed E-state index contributed by atoms with van der Waals surface area (Å²) in [5.74, 6) is -2.55. The summed E-state index contributed by atoms with van der Waals surface area (Å²) < 4.78 is 6.78. The van der Waals surface area contributed by atoms with Crippen LogP contribution in [0.2, 0.25) is 0 Å². The number of carbonyl (C=O) groups excluding carboxylic acids is 3. The Morgan fingerprint density at radius 2 is 1.73 bits per heavy atom. The van der Waals surface area contributed by atoms with Gasteiger partial charge in [0, 0.05) is 30.1 Å². The van der Waals surface area contributed by atoms with Crippen molar-refractivity contribution in [1.82, 2.24) is 9.80 Å². The van der Waals surface area contributed by atoms with Gasteiger partial charge < -0.3 is 24.5 Å². The van der Waals surface area contributed by atoms with E-state index in [-0.39, 0.29) is 35.7 Å². The van der Waals surface area contributed by atoms with Gasteiger partial charge in [-0.3, -0.25) is 14.4 Å². The van der Waals surface area contributed by atoms with Gasteiger partial charge in [0.15, 0.2) is 0 Å². The first-order valence-corrected chi connectivity index (χ1v) is 16.4. The van der Waals surface area contributed by atoms with Crippen LogP contribution in [0.4, 0.5) is 5.69 Å². The van der Waals surface area contributed by atoms with Crippen LogP contribution in [-0.4, -0.2) is 81.4 Å². The minimum atomic E-state index is -1.24. The van der Waals surface area contributed by atoms with Crippen molar-refractivity contribution in [2.24, 2.45) is 11.8 Å². The average Bonchev–Trinajstić information content (AvgIpc) is 3.64. The summed E-state index contributed by atoms with van der Waals surface area (Å²) in [4.78, 5) is 48.7. The third-order valence-electron chi connectivity index (χ3n) is 9.28. The van der Waals surface area contributed by atoms with Gasteiger partial charge in [-0.05, 0) is 30.5 Å². The van der Waals surface area contributed by atoms with Crippen molar-refractivity contribution >= 4 is 39.3 Å². The molecule has 3 amide bonds. The Bertz CT molecular complexity index is 1360. The Morgan fingerprint density at radius 3 is 2.34 bits per heavy atom. The third-order valence-corrected chi connectivity index (χ3v) is 10.1. The summed E-state index contributed by atoms with van der Waals surface area (Å²) in [5, 5.41) is 10.8. The van der Waals surface area contributed by atoms with Gasteiger partial charge in [0.25, 0.3) is 0 Å². The Morgan fingerprint density at radius 1 is 1.07 bits per heavy atom. The fraction of sp³-hybridized carbons (Fsp3) is 0.457. The van der Waals surface area contributed by atoms with Crippen molar-refractivity contribution in [2.75, 3.05) is 31.1 Å². The number of alkyl halides is 1. The van der Waals surface area contributed by atoms with Crippen molar-refractivity contribution in [1.29, 1.82) is 0 Å². The minimum absolute atomic E-state index is 0.241. The van der Waals surface area contributed by atoms with Gasteiger partial charge in [-0.25, -0.2) is 0 Å². The van der Waals surface area contributed by atoms with E-state index < -0.39 is 35.6 Å². The zero-order valence-corrected chi connectivity index (χ0v) is 26.8. The lowest BCUT2D eigenvalue weighted by atomic mass is 9.70. The molecule has 3 heterocycles. The molecule has 2 bridgehead atoms. The average molecular weight is 665 g/mol. The second-order valence-corrected chi connectivity index (χ2v) is 13.0. The van der Waals surface area contributed by atoms with E-state index in [1.54, 1.807) is 22.0 Å². The molecular weight excluding hydrogens is 622 g/mol. The number of likely N-dealkylation sites (tertiary alicyclic amines) is 1. The SMILES string of the molecule is C=CCN(CCCCC)C(=O)C1N([C@H](CO)c2ccccc2)C(=O)[C@@H]2[C@@H](C(=O)N(CC=C)c3ccccc3)[C@@H]3OC12CC3Br. The highest BCUT2D eigenvalue weighted by Crippen LogP contribution is 2.61. The van der Waals surface area contributed by atoms with E-state index in [4.69, 9.17) is 4.74 Å². The van der Waals surface area contributed by atoms with Gasteiger partial charge in [0.05, 0.1) is 30.6 Å². The van der Waals surface area contributed by atoms with Gasteiger partial charge in [0.1, 0.15) is 11.6 Å². The normalized spacial score (nSPS) is 27.6. The molecule has 3 fully saturated rings. The minimum Gasteiger partial charge on any atom is -0.394 e. The van der Waals surface area contributed by atoms with E-state index in [2.05, 4.69) is 36.0 Å². The van der Waals surface area contributed by atoms with Gasteiger partial charge >= 0.3 is 0 Å². The highest BCUT2D eigenvalue weighted by Gasteiger charge is 2.77. The second kappa shape index (κ2) is 13.8. The maximum atomic E-state index is 14.8. The molecule has 0 radical (unpaired) electrons. The Hall–Kier alpha value is -3.27. The smallest absolute Gasteiger partial charge is 0.248 e. The van der Waals surface area contributed by atoms with Crippen molar-refractivity contribution in [2.45, 2.75) is 61.2 Å². The lowest BCUT2D eigenvalue weighted by Crippen LogP contribution is -2.57. The molecule has 8 nitrogen and oxygen atoms in total. The number of rotatable bonds is 14. The van der Waals surface area contributed by atoms with Crippen molar-refractivity contribution in [3.63, 3.8) is 0 Å². The molecule has 0 aliphatic carbocycles. The molecule has 7 atom stereocenters. The first kappa shape index (κ1) is 32.1. The van der Waals surface area contributed by atoms with Crippen LogP contribution in [0.3, 0.4) is 0 Å². The monoisotopic (exact) mass is 663 g/mol. The Kier molecular flexibility index (Phi) is 10.1. The highest BCUT2D eigenvalue weighted by molar-refractivity contribution is 9.09. The standard InChI is InChI=1S/C35H42BrN3O5/c1-4-7-14-21-37(19-5-2)34(43)31-35-22-26(36)30(44-35)28(32(41)38(20-6-3)25-17-12-9-13-18-25)29(35)33(42)39(31)27(23-40)24-15-10-8-11-16-24/h5-6,8-13,15-18,26-31,40H,2-4,7,14,19-23H2,1H3/t26?,27-,28-,29+,30-,31?,35?/m1/s1. The Balaban J connectivity index is 1.62. The number of unbranched alkanes of at least 4 members (excludes halogenated alkanes) is 2. The molecule has 2 aromatic rings. The predicted octanol–water partition coefficient (Wildman–Crippen LogP) is 4.89. The molecule has 0 saturated carbocycles. The van der Waals surface area contributed by atoms with E-state index >= 15 is 0 Å². The third kappa shape index (κ3) is 5.54. The summed E-state index contributed by atoms with van der Waals surface area (Å²) in [6.45, 7) is 10.6. The fourth-order valence-corrected chi connectivity index (χ4v) is 8.35. The topological polar surface area (TPSA) is 90.4 Å². The highest BCUT2D eigenvalue weighted by atomic mass is 79.9. The van der Waals surface area contributed by atoms with E-state index in [1.165, 1.54) is 4.90 Å². The molecule has 1 N–H and O–H groups in total. The first-order valence-electron chi connectivity index (χ1n) is 15.5. The predicted molar refractivity (Wildman–Crippen MR) is 174 cm³/mol. The molecule has 3 unspecified atom stereocenters. The van der Waals surface area contributed by atoms with Crippen LogP contribution in [0.1, 0.15) is 44.2 Å². The lowest BCUT2D eigenvalue weighted by Gasteiger charge is -2.39. The van der Waals surface area contributed by atoms with Crippen LogP contribution in [0.25, 0.3) is 0 Å². The summed E-state index contributed by atoms with van der Waals surface area (Å²) in [6.07, 6.45) is 5.93. The van der Waals surface area contributed by atoms with Crippen LogP contribution in [0, 0.1) is 11.8 Å². The van der Waals surface area contributed by atoms with Crippen molar-refractivity contribution < 1.29 is 24.2 Å². The molecule has 3 saturated heterocycles. The van der Waals surface area contributed by atoms with Crippen LogP contribution in [0.5, 0.6) is 0 Å². The summed E-state index contributed by atoms with van der Waals surface area (Å²) in [6, 6.07) is 16.8. The number of hydrogen-bond donors (Lipinski definition) is 1. The number of nitrogens with zero attached hydrogens (tertiary/aromatic N) is 3. The fourth-order valence-electron chi connectivity index (χ4n) is 7.41. The number of halogens is 1. The van der Waals surface area contributed by atoms with Crippen LogP contribution in [0.15, 0.2) is 86.0 Å². The van der Waals surface area contributed by atoms with Gasteiger partial charge in [0.2, 0.25) is 17.7 Å². The number of aliphatic hydroxyl groups is 1. The molecule has 3 aliphatic heterocycles. The molecule has 5 rings (SSSR count). The number of carbonyl (C=O) groups is 3. The number of ether oxygens (including phenoxy) is 1. The number of fused-ring (bicyclic) bond motifs is 1. The largest absolute Gasteiger partial charge is 0.394 e. The van der Waals surface area contributed by atoms with Crippen LogP contribution in [-0.2, 0) is 19.1 Å². The van der Waals surface area contributed by atoms with Gasteiger partial charge in [-0.15, -0.1) is 13.2 Å². The molecule has 3 aliphatic rings. The Labute approximate surface area is 268 Å². The lowest BCUT2D eigenvalue weighted by molar-refractivity contribution is -0.151. The van der Waals surface area contributed by atoms with Crippen LogP contribution < -0.4 is 4.90 Å². The number of hydrogen-bond acceptors (Lipinski definition) is 5. The molecule has 9 heteroatoms. The van der Waals surface area contributed by atoms with E-state index in [1.807, 2.05) is 60.7 Å². The maximum Gasteiger partial charge on any atom is 0.248 e. The maximum absolute atomic E-state index is 14.8. The molecule has 1 spiro atoms. The van der Waals surface area contributed by atoms with E-state index in [0.29, 0.717) is 30.8 Å². The van der Waals surface area contributed by atoms with Crippen molar-refractivity contribution in [3.8, 4) is 0 Å². The number of aliphatic hydroxyl groups excluding tert-OH is 1. The second-order valence-electron chi connectivity index (χ2n) is 11.9. The zero-order valence-electron chi connectivity index (χ0n) is 25.3. The molecule has 44 heavy (non-hydrogen) atoms. The molecular formula is C35H42BrN3O5.